The Balaban J connectivity index is 3.14. The number of benzene rings is 1. The normalized spacial score (nSPS) is 12.5. The van der Waals surface area contributed by atoms with Gasteiger partial charge in [-0.1, -0.05) is 15.9 Å². The zero-order valence-corrected chi connectivity index (χ0v) is 10.7. The fourth-order valence-electron chi connectivity index (χ4n) is 1.54. The van der Waals surface area contributed by atoms with Gasteiger partial charge in [0.2, 0.25) is 0 Å². The van der Waals surface area contributed by atoms with Crippen LogP contribution in [0, 0.1) is 13.8 Å². The number of hydrogen-bond donors (Lipinski definition) is 3. The van der Waals surface area contributed by atoms with Crippen molar-refractivity contribution >= 4 is 21.9 Å². The Kier molecular flexibility index (Phi) is 3.93. The van der Waals surface area contributed by atoms with Crippen molar-refractivity contribution in [3.8, 4) is 5.75 Å². The lowest BCUT2D eigenvalue weighted by Crippen LogP contribution is -2.32. The van der Waals surface area contributed by atoms with Gasteiger partial charge in [-0.15, -0.1) is 0 Å². The van der Waals surface area contributed by atoms with E-state index in [1.807, 2.05) is 13.8 Å². The second kappa shape index (κ2) is 4.84. The molecule has 1 unspecified atom stereocenters. The van der Waals surface area contributed by atoms with E-state index in [2.05, 4.69) is 15.9 Å². The van der Waals surface area contributed by atoms with E-state index in [0.717, 1.165) is 15.6 Å². The molecule has 1 aromatic carbocycles. The smallest absolute Gasteiger partial charge is 0.320 e. The van der Waals surface area contributed by atoms with Gasteiger partial charge in [-0.2, -0.15) is 0 Å². The van der Waals surface area contributed by atoms with Gasteiger partial charge in [-0.25, -0.2) is 0 Å². The number of phenols is 1. The van der Waals surface area contributed by atoms with Crippen molar-refractivity contribution < 1.29 is 15.0 Å². The van der Waals surface area contributed by atoms with E-state index in [0.29, 0.717) is 5.56 Å². The minimum Gasteiger partial charge on any atom is -0.508 e. The van der Waals surface area contributed by atoms with E-state index in [-0.39, 0.29) is 12.2 Å². The van der Waals surface area contributed by atoms with E-state index in [9.17, 15) is 9.90 Å². The number of carboxylic acids is 1. The molecule has 16 heavy (non-hydrogen) atoms. The Bertz CT molecular complexity index is 432. The average molecular weight is 288 g/mol. The highest BCUT2D eigenvalue weighted by Crippen LogP contribution is 2.31. The van der Waals surface area contributed by atoms with E-state index in [4.69, 9.17) is 10.8 Å². The van der Waals surface area contributed by atoms with Gasteiger partial charge in [0.15, 0.2) is 0 Å². The minimum atomic E-state index is -1.07. The molecule has 1 atom stereocenters. The van der Waals surface area contributed by atoms with E-state index in [1.165, 1.54) is 0 Å². The summed E-state index contributed by atoms with van der Waals surface area (Å²) < 4.78 is 0.873. The molecule has 0 bridgehead atoms. The number of aryl methyl sites for hydroxylation is 1. The molecular weight excluding hydrogens is 274 g/mol. The lowest BCUT2D eigenvalue weighted by Gasteiger charge is -2.14. The van der Waals surface area contributed by atoms with Gasteiger partial charge < -0.3 is 15.9 Å². The largest absolute Gasteiger partial charge is 0.508 e. The first kappa shape index (κ1) is 13.0. The lowest BCUT2D eigenvalue weighted by molar-refractivity contribution is -0.138. The number of hydrogen-bond acceptors (Lipinski definition) is 3. The summed E-state index contributed by atoms with van der Waals surface area (Å²) in [7, 11) is 0. The summed E-state index contributed by atoms with van der Waals surface area (Å²) >= 11 is 3.39. The second-order valence-electron chi connectivity index (χ2n) is 3.78. The van der Waals surface area contributed by atoms with Crippen LogP contribution in [-0.2, 0) is 11.2 Å². The summed E-state index contributed by atoms with van der Waals surface area (Å²) in [6.07, 6.45) is 0.117. The number of aromatic hydroxyl groups is 1. The number of aliphatic carboxylic acids is 1. The lowest BCUT2D eigenvalue weighted by atomic mass is 9.98. The predicted octanol–water partition coefficient (Wildman–Crippen LogP) is 1.73. The molecule has 0 aromatic heterocycles. The van der Waals surface area contributed by atoms with E-state index in [1.54, 1.807) is 6.07 Å². The SMILES string of the molecule is Cc1cc(O)c(CC(N)C(=O)O)c(C)c1Br. The third-order valence-electron chi connectivity index (χ3n) is 2.53. The predicted molar refractivity (Wildman–Crippen MR) is 64.6 cm³/mol. The number of carbonyl (C=O) groups is 1. The van der Waals surface area contributed by atoms with Crippen LogP contribution in [0.5, 0.6) is 5.75 Å². The molecule has 0 spiro atoms. The van der Waals surface area contributed by atoms with E-state index < -0.39 is 12.0 Å². The van der Waals surface area contributed by atoms with Crippen molar-refractivity contribution in [2.75, 3.05) is 0 Å². The maximum atomic E-state index is 10.7. The van der Waals surface area contributed by atoms with Crippen LogP contribution >= 0.6 is 15.9 Å². The zero-order valence-electron chi connectivity index (χ0n) is 9.12. The van der Waals surface area contributed by atoms with Gasteiger partial charge in [0.1, 0.15) is 11.8 Å². The molecule has 0 heterocycles. The summed E-state index contributed by atoms with van der Waals surface area (Å²) in [6.45, 7) is 3.68. The summed E-state index contributed by atoms with van der Waals surface area (Å²) in [5, 5.41) is 18.5. The summed E-state index contributed by atoms with van der Waals surface area (Å²) in [4.78, 5) is 10.7. The monoisotopic (exact) mass is 287 g/mol. The third kappa shape index (κ3) is 2.54. The molecule has 4 nitrogen and oxygen atoms in total. The standard InChI is InChI=1S/C11H14BrNO3/c1-5-3-9(14)7(6(2)10(5)12)4-8(13)11(15)16/h3,8,14H,4,13H2,1-2H3,(H,15,16). The Morgan fingerprint density at radius 3 is 2.62 bits per heavy atom. The Morgan fingerprint density at radius 1 is 1.56 bits per heavy atom. The van der Waals surface area contributed by atoms with Crippen LogP contribution in [0.2, 0.25) is 0 Å². The van der Waals surface area contributed by atoms with Gasteiger partial charge in [0.05, 0.1) is 0 Å². The molecule has 0 fully saturated rings. The van der Waals surface area contributed by atoms with Crippen molar-refractivity contribution in [2.45, 2.75) is 26.3 Å². The first-order valence-electron chi connectivity index (χ1n) is 4.80. The number of carboxylic acid groups (broad SMARTS) is 1. The van der Waals surface area contributed by atoms with Gasteiger partial charge in [0.25, 0.3) is 0 Å². The highest BCUT2D eigenvalue weighted by atomic mass is 79.9. The van der Waals surface area contributed by atoms with Crippen LogP contribution in [0.4, 0.5) is 0 Å². The number of halogens is 1. The van der Waals surface area contributed by atoms with Crippen molar-refractivity contribution in [1.82, 2.24) is 0 Å². The molecule has 0 saturated carbocycles. The Labute approximate surface area is 102 Å². The maximum Gasteiger partial charge on any atom is 0.320 e. The molecule has 0 amide bonds. The van der Waals surface area contributed by atoms with Crippen LogP contribution in [0.25, 0.3) is 0 Å². The van der Waals surface area contributed by atoms with Gasteiger partial charge in [0, 0.05) is 16.5 Å². The first-order valence-corrected chi connectivity index (χ1v) is 5.59. The molecule has 0 aliphatic heterocycles. The van der Waals surface area contributed by atoms with Crippen LogP contribution < -0.4 is 5.73 Å². The molecular formula is C11H14BrNO3. The molecule has 0 aliphatic carbocycles. The number of rotatable bonds is 3. The quantitative estimate of drug-likeness (QED) is 0.791. The zero-order chi connectivity index (χ0) is 12.5. The highest BCUT2D eigenvalue weighted by Gasteiger charge is 2.18. The molecule has 1 aromatic rings. The van der Waals surface area contributed by atoms with Gasteiger partial charge in [-0.3, -0.25) is 4.79 Å². The molecule has 1 rings (SSSR count). The number of nitrogens with two attached hydrogens (primary N) is 1. The maximum absolute atomic E-state index is 10.7. The molecule has 0 radical (unpaired) electrons. The second-order valence-corrected chi connectivity index (χ2v) is 4.57. The summed E-state index contributed by atoms with van der Waals surface area (Å²) in [6, 6.07) is 0.597. The third-order valence-corrected chi connectivity index (χ3v) is 3.75. The van der Waals surface area contributed by atoms with Crippen molar-refractivity contribution in [2.24, 2.45) is 5.73 Å². The topological polar surface area (TPSA) is 83.5 Å². The fraction of sp³-hybridized carbons (Fsp3) is 0.364. The molecule has 5 heteroatoms. The summed E-state index contributed by atoms with van der Waals surface area (Å²) in [5.74, 6) is -0.981. The van der Waals surface area contributed by atoms with Gasteiger partial charge in [-0.05, 0) is 31.0 Å². The van der Waals surface area contributed by atoms with Crippen molar-refractivity contribution in [3.05, 3.63) is 27.2 Å². The minimum absolute atomic E-state index is 0.0925. The van der Waals surface area contributed by atoms with Crippen LogP contribution in [0.1, 0.15) is 16.7 Å². The van der Waals surface area contributed by atoms with Crippen molar-refractivity contribution in [1.29, 1.82) is 0 Å². The average Bonchev–Trinajstić information content (AvgIpc) is 2.20. The van der Waals surface area contributed by atoms with Crippen LogP contribution in [0.15, 0.2) is 10.5 Å². The molecule has 0 aliphatic rings. The molecule has 4 N–H and O–H groups in total. The van der Waals surface area contributed by atoms with Crippen LogP contribution in [-0.4, -0.2) is 22.2 Å². The molecule has 88 valence electrons. The van der Waals surface area contributed by atoms with Crippen LogP contribution in [0.3, 0.4) is 0 Å². The Morgan fingerprint density at radius 2 is 2.12 bits per heavy atom. The molecule has 0 saturated heterocycles. The first-order chi connectivity index (χ1) is 7.34. The summed E-state index contributed by atoms with van der Waals surface area (Å²) in [5.41, 5.74) is 7.76. The fourth-order valence-corrected chi connectivity index (χ4v) is 1.89. The van der Waals surface area contributed by atoms with E-state index >= 15 is 0 Å². The highest BCUT2D eigenvalue weighted by molar-refractivity contribution is 9.10. The Hall–Kier alpha value is -1.07. The van der Waals surface area contributed by atoms with Gasteiger partial charge >= 0.3 is 5.97 Å². The number of phenolic OH excluding ortho intramolecular Hbond substituents is 1. The van der Waals surface area contributed by atoms with Crippen molar-refractivity contribution in [3.63, 3.8) is 0 Å².